The summed E-state index contributed by atoms with van der Waals surface area (Å²) < 4.78 is 76.8. The molecule has 224 valence electrons. The highest BCUT2D eigenvalue weighted by Crippen LogP contribution is 2.40. The van der Waals surface area contributed by atoms with Gasteiger partial charge in [-0.3, -0.25) is 4.90 Å². The maximum absolute atomic E-state index is 14.9. The molecule has 2 atom stereocenters. The molecule has 12 heteroatoms. The lowest BCUT2D eigenvalue weighted by Gasteiger charge is -2.42. The maximum Gasteiger partial charge on any atom is 0.409 e. The topological polar surface area (TPSA) is 70.2 Å². The van der Waals surface area contributed by atoms with Gasteiger partial charge >= 0.3 is 6.09 Å². The number of amides is 1. The van der Waals surface area contributed by atoms with E-state index in [9.17, 15) is 26.4 Å². The molecular weight excluding hydrogens is 579 g/mol. The number of nitrogens with zero attached hydrogens (tertiary/aromatic N) is 3. The van der Waals surface area contributed by atoms with Crippen molar-refractivity contribution in [1.82, 2.24) is 14.1 Å². The Morgan fingerprint density at radius 1 is 0.951 bits per heavy atom. The smallest absolute Gasteiger partial charge is 0.409 e. The second kappa shape index (κ2) is 12.5. The molecule has 3 aliphatic heterocycles. The number of ether oxygens (including phenoxy) is 1. The molecule has 3 aliphatic rings. The number of sulfonamides is 1. The number of hydrogen-bond donors (Lipinski definition) is 0. The van der Waals surface area contributed by atoms with Crippen LogP contribution in [0, 0.1) is 5.82 Å². The summed E-state index contributed by atoms with van der Waals surface area (Å²) >= 11 is 5.99. The van der Waals surface area contributed by atoms with E-state index in [4.69, 9.17) is 16.3 Å². The van der Waals surface area contributed by atoms with Gasteiger partial charge in [0.2, 0.25) is 10.0 Å². The second-order valence-corrected chi connectivity index (χ2v) is 13.4. The van der Waals surface area contributed by atoms with Crippen molar-refractivity contribution in [2.75, 3.05) is 32.8 Å². The molecule has 1 unspecified atom stereocenters. The predicted molar refractivity (Wildman–Crippen MR) is 149 cm³/mol. The van der Waals surface area contributed by atoms with E-state index in [0.29, 0.717) is 63.3 Å². The average Bonchev–Trinajstić information content (AvgIpc) is 2.96. The van der Waals surface area contributed by atoms with Crippen molar-refractivity contribution < 1.29 is 31.1 Å². The lowest BCUT2D eigenvalue weighted by molar-refractivity contribution is -0.0672. The van der Waals surface area contributed by atoms with E-state index in [1.54, 1.807) is 23.1 Å². The lowest BCUT2D eigenvalue weighted by atomic mass is 9.93. The number of hydrogen-bond acceptors (Lipinski definition) is 5. The number of benzene rings is 2. The van der Waals surface area contributed by atoms with Gasteiger partial charge in [-0.2, -0.15) is 4.31 Å². The number of halogens is 4. The highest BCUT2D eigenvalue weighted by atomic mass is 35.5. The molecule has 7 nitrogen and oxygen atoms in total. The van der Waals surface area contributed by atoms with E-state index in [-0.39, 0.29) is 35.9 Å². The zero-order valence-electron chi connectivity index (χ0n) is 22.7. The van der Waals surface area contributed by atoms with Crippen LogP contribution in [0.1, 0.15) is 56.6 Å². The van der Waals surface area contributed by atoms with Crippen LogP contribution in [0.25, 0.3) is 0 Å². The Kier molecular flexibility index (Phi) is 9.18. The van der Waals surface area contributed by atoms with Crippen LogP contribution >= 0.6 is 11.6 Å². The van der Waals surface area contributed by atoms with Crippen molar-refractivity contribution >= 4 is 27.7 Å². The van der Waals surface area contributed by atoms with E-state index in [2.05, 4.69) is 4.90 Å². The molecule has 1 amide bonds. The van der Waals surface area contributed by atoms with Gasteiger partial charge < -0.3 is 9.64 Å². The van der Waals surface area contributed by atoms with Crippen LogP contribution < -0.4 is 0 Å². The fraction of sp³-hybridized carbons (Fsp3) is 0.552. The molecule has 0 saturated carbocycles. The van der Waals surface area contributed by atoms with E-state index in [0.717, 1.165) is 0 Å². The molecule has 0 N–H and O–H groups in total. The van der Waals surface area contributed by atoms with Gasteiger partial charge in [-0.15, -0.1) is 0 Å². The Morgan fingerprint density at radius 2 is 1.61 bits per heavy atom. The SMILES string of the molecule is O=C(OC[C@H]1CCCC(c2ccccc2F)N1S(=O)(=O)c1ccc(Cl)cc1)N1CCC(N2CCC(F)(F)CC2)CC1. The number of alkyl halides is 2. The second-order valence-electron chi connectivity index (χ2n) is 11.1. The molecule has 2 aromatic rings. The summed E-state index contributed by atoms with van der Waals surface area (Å²) in [6.07, 6.45) is 2.02. The summed E-state index contributed by atoms with van der Waals surface area (Å²) in [6, 6.07) is 10.6. The van der Waals surface area contributed by atoms with Crippen molar-refractivity contribution in [2.24, 2.45) is 0 Å². The van der Waals surface area contributed by atoms with E-state index < -0.39 is 39.9 Å². The van der Waals surface area contributed by atoms with Crippen molar-refractivity contribution in [2.45, 2.75) is 73.9 Å². The van der Waals surface area contributed by atoms with Crippen molar-refractivity contribution in [1.29, 1.82) is 0 Å². The van der Waals surface area contributed by atoms with Gasteiger partial charge in [-0.25, -0.2) is 26.4 Å². The number of carbonyl (C=O) groups excluding carboxylic acids is 1. The minimum absolute atomic E-state index is 0.0269. The predicted octanol–water partition coefficient (Wildman–Crippen LogP) is 6.10. The monoisotopic (exact) mass is 613 g/mol. The standard InChI is InChI=1S/C29H35ClF3N3O4S/c30-21-8-10-24(11-9-21)41(38,39)36-23(4-3-7-27(36)25-5-1-2-6-26(25)31)20-40-28(37)35-16-12-22(13-17-35)34-18-14-29(32,33)15-19-34/h1-2,5-6,8-11,22-23,27H,3-4,7,12-20H2/t23-,27?/m1/s1. The molecule has 3 saturated heterocycles. The largest absolute Gasteiger partial charge is 0.448 e. The third-order valence-corrected chi connectivity index (χ3v) is 10.7. The van der Waals surface area contributed by atoms with Gasteiger partial charge in [0.1, 0.15) is 12.4 Å². The van der Waals surface area contributed by atoms with Crippen LogP contribution in [0.4, 0.5) is 18.0 Å². The molecule has 3 heterocycles. The molecule has 2 aromatic carbocycles. The summed E-state index contributed by atoms with van der Waals surface area (Å²) in [5.41, 5.74) is 0.276. The van der Waals surface area contributed by atoms with Crippen LogP contribution in [0.2, 0.25) is 5.02 Å². The number of rotatable bonds is 6. The maximum atomic E-state index is 14.9. The lowest BCUT2D eigenvalue weighted by Crippen LogP contribution is -2.51. The van der Waals surface area contributed by atoms with Gasteiger partial charge in [-0.05, 0) is 62.4 Å². The van der Waals surface area contributed by atoms with Crippen LogP contribution in [-0.4, -0.2) is 79.4 Å². The highest BCUT2D eigenvalue weighted by molar-refractivity contribution is 7.89. The summed E-state index contributed by atoms with van der Waals surface area (Å²) in [4.78, 5) is 16.7. The van der Waals surface area contributed by atoms with Crippen molar-refractivity contribution in [3.05, 3.63) is 64.9 Å². The average molecular weight is 614 g/mol. The minimum atomic E-state index is -4.10. The van der Waals surface area contributed by atoms with Crippen molar-refractivity contribution in [3.63, 3.8) is 0 Å². The third-order valence-electron chi connectivity index (χ3n) is 8.50. The van der Waals surface area contributed by atoms with E-state index >= 15 is 0 Å². The van der Waals surface area contributed by atoms with Gasteiger partial charge in [0.15, 0.2) is 0 Å². The highest BCUT2D eigenvalue weighted by Gasteiger charge is 2.43. The first-order valence-corrected chi connectivity index (χ1v) is 15.9. The first kappa shape index (κ1) is 30.1. The number of carbonyl (C=O) groups is 1. The minimum Gasteiger partial charge on any atom is -0.448 e. The Balaban J connectivity index is 1.27. The van der Waals surface area contributed by atoms with Crippen LogP contribution in [0.15, 0.2) is 53.4 Å². The molecule has 41 heavy (non-hydrogen) atoms. The number of piperidine rings is 3. The molecule has 0 spiro atoms. The molecule has 0 bridgehead atoms. The Bertz CT molecular complexity index is 1310. The van der Waals surface area contributed by atoms with Crippen molar-refractivity contribution in [3.8, 4) is 0 Å². The Morgan fingerprint density at radius 3 is 2.27 bits per heavy atom. The third kappa shape index (κ3) is 6.84. The fourth-order valence-electron chi connectivity index (χ4n) is 6.23. The molecule has 5 rings (SSSR count). The quantitative estimate of drug-likeness (QED) is 0.394. The zero-order chi connectivity index (χ0) is 29.2. The first-order valence-electron chi connectivity index (χ1n) is 14.1. The number of likely N-dealkylation sites (tertiary alicyclic amines) is 2. The zero-order valence-corrected chi connectivity index (χ0v) is 24.3. The summed E-state index contributed by atoms with van der Waals surface area (Å²) in [5, 5.41) is 0.390. The summed E-state index contributed by atoms with van der Waals surface area (Å²) in [6.45, 7) is 1.41. The van der Waals surface area contributed by atoms with Crippen LogP contribution in [0.3, 0.4) is 0 Å². The van der Waals surface area contributed by atoms with Gasteiger partial charge in [0.05, 0.1) is 17.0 Å². The fourth-order valence-corrected chi connectivity index (χ4v) is 8.19. The molecule has 3 fully saturated rings. The van der Waals surface area contributed by atoms with Crippen LogP contribution in [-0.2, 0) is 14.8 Å². The van der Waals surface area contributed by atoms with E-state index in [1.165, 1.54) is 34.6 Å². The van der Waals surface area contributed by atoms with E-state index in [1.807, 2.05) is 0 Å². The van der Waals surface area contributed by atoms with Gasteiger partial charge in [0.25, 0.3) is 5.92 Å². The first-order chi connectivity index (χ1) is 19.5. The summed E-state index contributed by atoms with van der Waals surface area (Å²) in [5.74, 6) is -3.09. The molecule has 0 aliphatic carbocycles. The van der Waals surface area contributed by atoms with Crippen LogP contribution in [0.5, 0.6) is 0 Å². The van der Waals surface area contributed by atoms with Gasteiger partial charge in [-0.1, -0.05) is 29.8 Å². The Hall–Kier alpha value is -2.34. The normalized spacial score (nSPS) is 24.7. The Labute approximate surface area is 244 Å². The molecular formula is C29H35ClF3N3O4S. The molecule has 0 radical (unpaired) electrons. The van der Waals surface area contributed by atoms with Gasteiger partial charge in [0, 0.05) is 55.6 Å². The molecule has 0 aromatic heterocycles. The summed E-state index contributed by atoms with van der Waals surface area (Å²) in [7, 11) is -4.10.